The van der Waals surface area contributed by atoms with E-state index in [2.05, 4.69) is 5.32 Å². The van der Waals surface area contributed by atoms with Crippen LogP contribution in [0.2, 0.25) is 0 Å². The zero-order valence-corrected chi connectivity index (χ0v) is 18.3. The van der Waals surface area contributed by atoms with Crippen LogP contribution in [-0.2, 0) is 14.4 Å². The molecule has 0 saturated carbocycles. The number of likely N-dealkylation sites (tertiary alicyclic amines) is 2. The lowest BCUT2D eigenvalue weighted by Crippen LogP contribution is -2.61. The minimum absolute atomic E-state index is 0.0221. The van der Waals surface area contributed by atoms with E-state index in [0.29, 0.717) is 32.6 Å². The number of carbonyl (C=O) groups is 3. The van der Waals surface area contributed by atoms with Crippen LogP contribution in [0.3, 0.4) is 0 Å². The molecule has 2 aliphatic rings. The second-order valence-corrected chi connectivity index (χ2v) is 8.65. The third kappa shape index (κ3) is 4.56. The number of piperidine rings is 1. The Hall–Kier alpha value is -2.67. The van der Waals surface area contributed by atoms with Gasteiger partial charge in [-0.3, -0.25) is 14.4 Å². The largest absolute Gasteiger partial charge is 0.349 e. The zero-order valence-electron chi connectivity index (χ0n) is 18.3. The van der Waals surface area contributed by atoms with Gasteiger partial charge in [0.2, 0.25) is 17.7 Å². The van der Waals surface area contributed by atoms with Crippen LogP contribution in [0, 0.1) is 5.92 Å². The molecule has 2 aliphatic heterocycles. The molecule has 3 rings (SSSR count). The van der Waals surface area contributed by atoms with Gasteiger partial charge in [-0.05, 0) is 26.1 Å². The Bertz CT molecular complexity index is 823. The van der Waals surface area contributed by atoms with Gasteiger partial charge in [0.05, 0.1) is 11.6 Å². The second-order valence-electron chi connectivity index (χ2n) is 8.65. The van der Waals surface area contributed by atoms with E-state index in [1.807, 2.05) is 65.2 Å². The molecule has 2 heterocycles. The van der Waals surface area contributed by atoms with E-state index < -0.39 is 5.54 Å². The van der Waals surface area contributed by atoms with Crippen molar-refractivity contribution < 1.29 is 14.4 Å². The van der Waals surface area contributed by atoms with Crippen molar-refractivity contribution in [1.29, 1.82) is 0 Å². The first-order chi connectivity index (χ1) is 14.2. The quantitative estimate of drug-likeness (QED) is 0.743. The maximum absolute atomic E-state index is 13.2. The average Bonchev–Trinajstić information content (AvgIpc) is 3.01. The number of carbonyl (C=O) groups excluding carboxylic acids is 3. The number of hydrogen-bond acceptors (Lipinski definition) is 4. The minimum Gasteiger partial charge on any atom is -0.349 e. The predicted molar refractivity (Wildman–Crippen MR) is 115 cm³/mol. The van der Waals surface area contributed by atoms with Gasteiger partial charge in [0.15, 0.2) is 0 Å². The molecule has 30 heavy (non-hydrogen) atoms. The molecule has 2 fully saturated rings. The highest BCUT2D eigenvalue weighted by atomic mass is 16.2. The number of likely N-dealkylation sites (N-methyl/N-ethyl adjacent to an activating group) is 1. The van der Waals surface area contributed by atoms with E-state index in [1.54, 1.807) is 13.0 Å². The van der Waals surface area contributed by atoms with Gasteiger partial charge in [-0.15, -0.1) is 0 Å². The molecule has 1 N–H and O–H groups in total. The topological polar surface area (TPSA) is 73.0 Å². The van der Waals surface area contributed by atoms with E-state index in [-0.39, 0.29) is 29.7 Å². The van der Waals surface area contributed by atoms with Crippen LogP contribution in [0.25, 0.3) is 0 Å². The zero-order chi connectivity index (χ0) is 21.9. The van der Waals surface area contributed by atoms with Crippen LogP contribution >= 0.6 is 0 Å². The lowest BCUT2D eigenvalue weighted by atomic mass is 9.75. The number of benzene rings is 1. The number of nitrogens with zero attached hydrogens (tertiary/aromatic N) is 3. The first kappa shape index (κ1) is 22.0. The van der Waals surface area contributed by atoms with Crippen molar-refractivity contribution in [3.8, 4) is 0 Å². The predicted octanol–water partition coefficient (Wildman–Crippen LogP) is 1.43. The molecular formula is C23H32N4O3. The Balaban J connectivity index is 2.01. The molecule has 1 aromatic rings. The van der Waals surface area contributed by atoms with Crippen molar-refractivity contribution in [2.24, 2.45) is 5.92 Å². The normalized spacial score (nSPS) is 26.2. The van der Waals surface area contributed by atoms with E-state index in [0.717, 1.165) is 5.56 Å². The van der Waals surface area contributed by atoms with Crippen LogP contribution < -0.4 is 5.32 Å². The molecule has 3 amide bonds. The second kappa shape index (κ2) is 9.00. The highest BCUT2D eigenvalue weighted by Crippen LogP contribution is 2.47. The summed E-state index contributed by atoms with van der Waals surface area (Å²) in [6.07, 6.45) is 4.11. The standard InChI is InChI=1S/C23H32N4O3/c1-17(28)24-23-12-14-26(18(2)29)15-20(23)22(19-9-6-5-7-10-19)27(16-23)21(30)11-8-13-25(3)4/h5-11,20,22H,12-16H2,1-4H3,(H,24,28)/b11-8+/t20-,22-,23-/m1/s1. The molecule has 0 bridgehead atoms. The molecular weight excluding hydrogens is 380 g/mol. The van der Waals surface area contributed by atoms with Crippen LogP contribution in [-0.4, -0.2) is 78.2 Å². The van der Waals surface area contributed by atoms with Crippen molar-refractivity contribution >= 4 is 17.7 Å². The van der Waals surface area contributed by atoms with Gasteiger partial charge in [0.25, 0.3) is 0 Å². The van der Waals surface area contributed by atoms with Gasteiger partial charge in [0, 0.05) is 52.0 Å². The molecule has 0 radical (unpaired) electrons. The summed E-state index contributed by atoms with van der Waals surface area (Å²) >= 11 is 0. The molecule has 1 aromatic carbocycles. The fraction of sp³-hybridized carbons (Fsp3) is 0.522. The Morgan fingerprint density at radius 1 is 1.20 bits per heavy atom. The molecule has 0 aliphatic carbocycles. The molecule has 0 aromatic heterocycles. The third-order valence-corrected chi connectivity index (χ3v) is 6.15. The van der Waals surface area contributed by atoms with Gasteiger partial charge < -0.3 is 20.0 Å². The summed E-state index contributed by atoms with van der Waals surface area (Å²) in [6.45, 7) is 5.29. The van der Waals surface area contributed by atoms with E-state index in [4.69, 9.17) is 0 Å². The summed E-state index contributed by atoms with van der Waals surface area (Å²) < 4.78 is 0. The van der Waals surface area contributed by atoms with Crippen molar-refractivity contribution in [3.05, 3.63) is 48.0 Å². The molecule has 0 unspecified atom stereocenters. The SMILES string of the molecule is CC(=O)N[C@@]12CCN(C(C)=O)C[C@@H]1[C@@H](c1ccccc1)N(C(=O)/C=C/CN(C)C)C2. The maximum atomic E-state index is 13.2. The number of rotatable bonds is 5. The summed E-state index contributed by atoms with van der Waals surface area (Å²) in [6, 6.07) is 9.70. The lowest BCUT2D eigenvalue weighted by Gasteiger charge is -2.44. The van der Waals surface area contributed by atoms with Gasteiger partial charge in [-0.2, -0.15) is 0 Å². The minimum atomic E-state index is -0.538. The first-order valence-corrected chi connectivity index (χ1v) is 10.4. The number of hydrogen-bond donors (Lipinski definition) is 1. The van der Waals surface area contributed by atoms with Crippen LogP contribution in [0.5, 0.6) is 0 Å². The van der Waals surface area contributed by atoms with Gasteiger partial charge in [-0.1, -0.05) is 36.4 Å². The van der Waals surface area contributed by atoms with Crippen LogP contribution in [0.1, 0.15) is 31.9 Å². The van der Waals surface area contributed by atoms with Crippen LogP contribution in [0.15, 0.2) is 42.5 Å². The monoisotopic (exact) mass is 412 g/mol. The molecule has 3 atom stereocenters. The summed E-state index contributed by atoms with van der Waals surface area (Å²) in [4.78, 5) is 43.1. The maximum Gasteiger partial charge on any atom is 0.246 e. The van der Waals surface area contributed by atoms with Crippen molar-refractivity contribution in [2.45, 2.75) is 31.8 Å². The number of amides is 3. The van der Waals surface area contributed by atoms with Crippen LogP contribution in [0.4, 0.5) is 0 Å². The third-order valence-electron chi connectivity index (χ3n) is 6.15. The molecule has 7 nitrogen and oxygen atoms in total. The summed E-state index contributed by atoms with van der Waals surface area (Å²) in [5.41, 5.74) is 0.484. The summed E-state index contributed by atoms with van der Waals surface area (Å²) in [7, 11) is 3.91. The Morgan fingerprint density at radius 2 is 1.90 bits per heavy atom. The summed E-state index contributed by atoms with van der Waals surface area (Å²) in [5, 5.41) is 3.17. The number of nitrogens with one attached hydrogen (secondary N) is 1. The van der Waals surface area contributed by atoms with E-state index in [9.17, 15) is 14.4 Å². The Labute approximate surface area is 178 Å². The van der Waals surface area contributed by atoms with Gasteiger partial charge in [0.1, 0.15) is 0 Å². The molecule has 7 heteroatoms. The highest BCUT2D eigenvalue weighted by Gasteiger charge is 2.57. The lowest BCUT2D eigenvalue weighted by molar-refractivity contribution is -0.132. The van der Waals surface area contributed by atoms with Crippen molar-refractivity contribution in [3.63, 3.8) is 0 Å². The molecule has 2 saturated heterocycles. The average molecular weight is 413 g/mol. The molecule has 162 valence electrons. The first-order valence-electron chi connectivity index (χ1n) is 10.4. The fourth-order valence-electron chi connectivity index (χ4n) is 4.81. The highest BCUT2D eigenvalue weighted by molar-refractivity contribution is 5.88. The smallest absolute Gasteiger partial charge is 0.246 e. The van der Waals surface area contributed by atoms with Gasteiger partial charge in [-0.25, -0.2) is 0 Å². The van der Waals surface area contributed by atoms with Crippen molar-refractivity contribution in [2.75, 3.05) is 40.3 Å². The summed E-state index contributed by atoms with van der Waals surface area (Å²) in [5.74, 6) is -0.235. The fourth-order valence-corrected chi connectivity index (χ4v) is 4.81. The van der Waals surface area contributed by atoms with E-state index >= 15 is 0 Å². The Kier molecular flexibility index (Phi) is 6.61. The van der Waals surface area contributed by atoms with Gasteiger partial charge >= 0.3 is 0 Å². The van der Waals surface area contributed by atoms with Crippen molar-refractivity contribution in [1.82, 2.24) is 20.0 Å². The molecule has 0 spiro atoms. The van der Waals surface area contributed by atoms with E-state index in [1.165, 1.54) is 6.92 Å². The number of fused-ring (bicyclic) bond motifs is 1. The Morgan fingerprint density at radius 3 is 2.50 bits per heavy atom.